The van der Waals surface area contributed by atoms with Crippen LogP contribution in [0.1, 0.15) is 42.6 Å². The van der Waals surface area contributed by atoms with Gasteiger partial charge < -0.3 is 10.2 Å². The van der Waals surface area contributed by atoms with Crippen LogP contribution in [0.15, 0.2) is 72.8 Å². The van der Waals surface area contributed by atoms with Crippen molar-refractivity contribution < 1.29 is 15.0 Å². The Kier molecular flexibility index (Phi) is 4.85. The van der Waals surface area contributed by atoms with Crippen LogP contribution in [0, 0.1) is 5.41 Å². The number of rotatable bonds is 3. The van der Waals surface area contributed by atoms with Crippen LogP contribution >= 0.6 is 0 Å². The zero-order valence-electron chi connectivity index (χ0n) is 18.9. The number of aromatic hydroxyl groups is 1. The van der Waals surface area contributed by atoms with E-state index in [9.17, 15) is 15.0 Å². The molecule has 166 valence electrons. The van der Waals surface area contributed by atoms with E-state index in [1.54, 1.807) is 12.1 Å². The van der Waals surface area contributed by atoms with Gasteiger partial charge in [0.2, 0.25) is 0 Å². The highest BCUT2D eigenvalue weighted by atomic mass is 16.4. The average Bonchev–Trinajstić information content (AvgIpc) is 3.18. The van der Waals surface area contributed by atoms with Crippen molar-refractivity contribution in [2.24, 2.45) is 5.41 Å². The van der Waals surface area contributed by atoms with Gasteiger partial charge in [-0.25, -0.2) is 4.79 Å². The van der Waals surface area contributed by atoms with Gasteiger partial charge in [0.15, 0.2) is 0 Å². The van der Waals surface area contributed by atoms with Crippen molar-refractivity contribution in [1.29, 1.82) is 0 Å². The maximum Gasteiger partial charge on any atom is 0.339 e. The van der Waals surface area contributed by atoms with Gasteiger partial charge in [-0.15, -0.1) is 0 Å². The van der Waals surface area contributed by atoms with Crippen molar-refractivity contribution in [1.82, 2.24) is 9.78 Å². The van der Waals surface area contributed by atoms with Crippen LogP contribution in [0.5, 0.6) is 5.75 Å². The second kappa shape index (κ2) is 7.62. The number of carboxylic acids is 1. The summed E-state index contributed by atoms with van der Waals surface area (Å²) in [6, 6.07) is 23.4. The molecule has 3 aromatic carbocycles. The maximum atomic E-state index is 11.8. The Hall–Kier alpha value is -3.86. The van der Waals surface area contributed by atoms with Gasteiger partial charge >= 0.3 is 5.97 Å². The molecule has 0 amide bonds. The average molecular weight is 439 g/mol. The SMILES string of the molecule is CC(C)(C)C1Cn2nc(-c3ccccc3)c(-c3ccccc3)c2-c2cc(O)c(C(=O)O)cc21. The molecule has 0 fully saturated rings. The first-order valence-electron chi connectivity index (χ1n) is 11.1. The lowest BCUT2D eigenvalue weighted by molar-refractivity contribution is 0.0693. The van der Waals surface area contributed by atoms with Gasteiger partial charge in [-0.2, -0.15) is 5.10 Å². The highest BCUT2D eigenvalue weighted by Gasteiger charge is 2.37. The van der Waals surface area contributed by atoms with Gasteiger partial charge in [-0.3, -0.25) is 4.68 Å². The van der Waals surface area contributed by atoms with Gasteiger partial charge in [-0.05, 0) is 28.7 Å². The Balaban J connectivity index is 1.87. The molecule has 0 spiro atoms. The highest BCUT2D eigenvalue weighted by Crippen LogP contribution is 2.51. The monoisotopic (exact) mass is 438 g/mol. The number of aromatic carboxylic acids is 1. The number of benzene rings is 3. The van der Waals surface area contributed by atoms with E-state index in [0.29, 0.717) is 6.54 Å². The zero-order valence-corrected chi connectivity index (χ0v) is 18.9. The minimum atomic E-state index is -1.13. The van der Waals surface area contributed by atoms with Crippen molar-refractivity contribution in [3.05, 3.63) is 83.9 Å². The number of carbonyl (C=O) groups is 1. The smallest absolute Gasteiger partial charge is 0.339 e. The lowest BCUT2D eigenvalue weighted by Gasteiger charge is -2.36. The number of carboxylic acid groups (broad SMARTS) is 1. The molecule has 0 radical (unpaired) electrons. The molecule has 0 bridgehead atoms. The lowest BCUT2D eigenvalue weighted by Crippen LogP contribution is -2.28. The Morgan fingerprint density at radius 1 is 0.970 bits per heavy atom. The maximum absolute atomic E-state index is 11.8. The highest BCUT2D eigenvalue weighted by molar-refractivity contribution is 5.96. The molecule has 4 aromatic rings. The Bertz CT molecular complexity index is 1350. The first kappa shape index (κ1) is 21.0. The predicted octanol–water partition coefficient (Wildman–Crippen LogP) is 6.43. The van der Waals surface area contributed by atoms with Crippen LogP contribution in [0.25, 0.3) is 33.6 Å². The summed E-state index contributed by atoms with van der Waals surface area (Å²) in [5.74, 6) is -1.33. The van der Waals surface area contributed by atoms with E-state index in [1.807, 2.05) is 53.2 Å². The molecule has 1 unspecified atom stereocenters. The number of nitrogens with zero attached hydrogens (tertiary/aromatic N) is 2. The van der Waals surface area contributed by atoms with Crippen LogP contribution in [0.2, 0.25) is 0 Å². The molecule has 0 aliphatic carbocycles. The summed E-state index contributed by atoms with van der Waals surface area (Å²) in [6.07, 6.45) is 0. The fourth-order valence-electron chi connectivity index (χ4n) is 4.83. The number of phenols is 1. The molecular formula is C28H26N2O3. The molecule has 0 saturated heterocycles. The molecule has 1 aromatic heterocycles. The first-order chi connectivity index (χ1) is 15.8. The molecule has 1 aliphatic rings. The zero-order chi connectivity index (χ0) is 23.3. The summed E-state index contributed by atoms with van der Waals surface area (Å²) >= 11 is 0. The molecule has 33 heavy (non-hydrogen) atoms. The minimum Gasteiger partial charge on any atom is -0.507 e. The standard InChI is InChI=1S/C28H26N2O3/c1-28(2,3)22-16-30-26(20-15-23(31)21(27(32)33)14-19(20)22)24(17-10-6-4-7-11-17)25(29-30)18-12-8-5-9-13-18/h4-15,22,31H,16H2,1-3H3,(H,32,33). The number of aromatic nitrogens is 2. The minimum absolute atomic E-state index is 0.0332. The van der Waals surface area contributed by atoms with E-state index >= 15 is 0 Å². The van der Waals surface area contributed by atoms with Crippen LogP contribution in [0.4, 0.5) is 0 Å². The fourth-order valence-corrected chi connectivity index (χ4v) is 4.83. The van der Waals surface area contributed by atoms with Gasteiger partial charge in [0, 0.05) is 29.2 Å². The van der Waals surface area contributed by atoms with Crippen LogP contribution < -0.4 is 0 Å². The third kappa shape index (κ3) is 3.50. The van der Waals surface area contributed by atoms with E-state index in [1.165, 1.54) is 0 Å². The van der Waals surface area contributed by atoms with Crippen LogP contribution in [-0.4, -0.2) is 26.0 Å². The van der Waals surface area contributed by atoms with E-state index in [4.69, 9.17) is 5.10 Å². The summed E-state index contributed by atoms with van der Waals surface area (Å²) < 4.78 is 2.03. The molecular weight excluding hydrogens is 412 g/mol. The van der Waals surface area contributed by atoms with Crippen molar-refractivity contribution in [3.63, 3.8) is 0 Å². The summed E-state index contributed by atoms with van der Waals surface area (Å²) in [4.78, 5) is 11.8. The third-order valence-corrected chi connectivity index (χ3v) is 6.49. The summed E-state index contributed by atoms with van der Waals surface area (Å²) in [5, 5.41) is 25.4. The lowest BCUT2D eigenvalue weighted by atomic mass is 9.72. The molecule has 0 saturated carbocycles. The summed E-state index contributed by atoms with van der Waals surface area (Å²) in [5.41, 5.74) is 6.36. The molecule has 2 N–H and O–H groups in total. The molecule has 2 heterocycles. The van der Waals surface area contributed by atoms with Crippen LogP contribution in [0.3, 0.4) is 0 Å². The summed E-state index contributed by atoms with van der Waals surface area (Å²) in [6.45, 7) is 7.08. The second-order valence-corrected chi connectivity index (χ2v) is 9.67. The van der Waals surface area contributed by atoms with Crippen molar-refractivity contribution in [2.45, 2.75) is 33.2 Å². The number of hydrogen-bond acceptors (Lipinski definition) is 3. The van der Waals surface area contributed by atoms with E-state index in [0.717, 1.165) is 39.2 Å². The van der Waals surface area contributed by atoms with Gasteiger partial charge in [-0.1, -0.05) is 81.4 Å². The van der Waals surface area contributed by atoms with E-state index < -0.39 is 5.97 Å². The van der Waals surface area contributed by atoms with Crippen molar-refractivity contribution >= 4 is 5.97 Å². The third-order valence-electron chi connectivity index (χ3n) is 6.49. The Morgan fingerprint density at radius 2 is 1.58 bits per heavy atom. The molecule has 1 atom stereocenters. The van der Waals surface area contributed by atoms with Gasteiger partial charge in [0.25, 0.3) is 0 Å². The van der Waals surface area contributed by atoms with Crippen molar-refractivity contribution in [2.75, 3.05) is 0 Å². The van der Waals surface area contributed by atoms with Gasteiger partial charge in [0.05, 0.1) is 5.69 Å². The predicted molar refractivity (Wildman–Crippen MR) is 129 cm³/mol. The topological polar surface area (TPSA) is 75.3 Å². The fraction of sp³-hybridized carbons (Fsp3) is 0.214. The molecule has 5 rings (SSSR count). The Labute approximate surface area is 193 Å². The molecule has 5 nitrogen and oxygen atoms in total. The molecule has 1 aliphatic heterocycles. The van der Waals surface area contributed by atoms with Crippen LogP contribution in [-0.2, 0) is 6.54 Å². The molecule has 5 heteroatoms. The quantitative estimate of drug-likeness (QED) is 0.386. The number of hydrogen-bond donors (Lipinski definition) is 2. The van der Waals surface area contributed by atoms with Gasteiger partial charge in [0.1, 0.15) is 17.0 Å². The van der Waals surface area contributed by atoms with Crippen molar-refractivity contribution in [3.8, 4) is 39.4 Å². The number of fused-ring (bicyclic) bond motifs is 3. The van der Waals surface area contributed by atoms with E-state index in [2.05, 4.69) is 32.9 Å². The second-order valence-electron chi connectivity index (χ2n) is 9.67. The first-order valence-corrected chi connectivity index (χ1v) is 11.1. The largest absolute Gasteiger partial charge is 0.507 e. The Morgan fingerprint density at radius 3 is 2.15 bits per heavy atom. The van der Waals surface area contributed by atoms with E-state index in [-0.39, 0.29) is 22.6 Å². The summed E-state index contributed by atoms with van der Waals surface area (Å²) in [7, 11) is 0. The normalized spacial score (nSPS) is 15.1.